The third-order valence-corrected chi connectivity index (χ3v) is 2.72. The Balaban J connectivity index is 2.50. The minimum absolute atomic E-state index is 0.537. The zero-order valence-electron chi connectivity index (χ0n) is 8.14. The number of hydrogen-bond donors (Lipinski definition) is 1. The number of carbonyl (C=O) groups is 1. The average molecular weight is 343 g/mol. The summed E-state index contributed by atoms with van der Waals surface area (Å²) in [6, 6.07) is 6.90. The van der Waals surface area contributed by atoms with Gasteiger partial charge in [0.25, 0.3) is 0 Å². The van der Waals surface area contributed by atoms with Gasteiger partial charge >= 0.3 is 6.18 Å². The van der Waals surface area contributed by atoms with E-state index in [-0.39, 0.29) is 0 Å². The highest BCUT2D eigenvalue weighted by atomic mass is 127. The van der Waals surface area contributed by atoms with Gasteiger partial charge in [-0.05, 0) is 34.7 Å². The summed E-state index contributed by atoms with van der Waals surface area (Å²) >= 11 is 2.00. The van der Waals surface area contributed by atoms with Crippen LogP contribution in [0.3, 0.4) is 0 Å². The smallest absolute Gasteiger partial charge is 0.325 e. The lowest BCUT2D eigenvalue weighted by atomic mass is 10.2. The molecule has 0 unspecified atom stereocenters. The predicted molar refractivity (Wildman–Crippen MR) is 63.1 cm³/mol. The molecule has 0 saturated heterocycles. The maximum Gasteiger partial charge on any atom is 0.389 e. The highest BCUT2D eigenvalue weighted by Gasteiger charge is 2.27. The van der Waals surface area contributed by atoms with Gasteiger partial charge in [0.2, 0.25) is 5.91 Å². The Hall–Kier alpha value is -0.790. The number of amides is 1. The van der Waals surface area contributed by atoms with Crippen molar-refractivity contribution < 1.29 is 18.0 Å². The zero-order valence-corrected chi connectivity index (χ0v) is 10.3. The molecule has 0 fully saturated rings. The van der Waals surface area contributed by atoms with E-state index in [9.17, 15) is 18.0 Å². The first-order chi connectivity index (χ1) is 7.38. The highest BCUT2D eigenvalue weighted by molar-refractivity contribution is 14.1. The van der Waals surface area contributed by atoms with Gasteiger partial charge in [-0.15, -0.1) is 0 Å². The molecule has 0 heterocycles. The van der Waals surface area contributed by atoms with Crippen molar-refractivity contribution in [1.82, 2.24) is 0 Å². The first kappa shape index (κ1) is 13.3. The minimum atomic E-state index is -4.29. The Kier molecular flexibility index (Phi) is 4.57. The lowest BCUT2D eigenvalue weighted by Crippen LogP contribution is -2.16. The van der Waals surface area contributed by atoms with Gasteiger partial charge in [0, 0.05) is 9.99 Å². The van der Waals surface area contributed by atoms with E-state index in [1.165, 1.54) is 0 Å². The number of para-hydroxylation sites is 1. The van der Waals surface area contributed by atoms with Gasteiger partial charge in [-0.3, -0.25) is 4.79 Å². The van der Waals surface area contributed by atoms with Crippen LogP contribution >= 0.6 is 22.6 Å². The number of hydrogen-bond acceptors (Lipinski definition) is 1. The van der Waals surface area contributed by atoms with Crippen molar-refractivity contribution in [3.8, 4) is 0 Å². The molecule has 16 heavy (non-hydrogen) atoms. The average Bonchev–Trinajstić information content (AvgIpc) is 2.18. The number of alkyl halides is 3. The molecule has 1 rings (SSSR count). The quantitative estimate of drug-likeness (QED) is 0.836. The second-order valence-corrected chi connectivity index (χ2v) is 4.31. The molecule has 0 saturated carbocycles. The molecule has 0 aliphatic heterocycles. The van der Waals surface area contributed by atoms with Crippen LogP contribution in [-0.4, -0.2) is 12.1 Å². The number of carbonyl (C=O) groups excluding carboxylic acids is 1. The molecule has 2 nitrogen and oxygen atoms in total. The summed E-state index contributed by atoms with van der Waals surface area (Å²) in [5.41, 5.74) is 0.537. The Labute approximate surface area is 104 Å². The summed E-state index contributed by atoms with van der Waals surface area (Å²) in [6.45, 7) is 0. The third-order valence-electron chi connectivity index (χ3n) is 1.78. The van der Waals surface area contributed by atoms with Gasteiger partial charge < -0.3 is 5.32 Å². The van der Waals surface area contributed by atoms with Crippen LogP contribution in [0.25, 0.3) is 0 Å². The number of anilines is 1. The first-order valence-electron chi connectivity index (χ1n) is 4.49. The van der Waals surface area contributed by atoms with Crippen molar-refractivity contribution >= 4 is 34.2 Å². The topological polar surface area (TPSA) is 29.1 Å². The Bertz CT molecular complexity index is 379. The van der Waals surface area contributed by atoms with Gasteiger partial charge in [-0.25, -0.2) is 0 Å². The second-order valence-electron chi connectivity index (χ2n) is 3.14. The molecule has 0 aromatic heterocycles. The van der Waals surface area contributed by atoms with E-state index in [0.29, 0.717) is 5.69 Å². The summed E-state index contributed by atoms with van der Waals surface area (Å²) in [5.74, 6) is -0.624. The Morgan fingerprint density at radius 2 is 1.94 bits per heavy atom. The van der Waals surface area contributed by atoms with Crippen LogP contribution in [0.15, 0.2) is 24.3 Å². The predicted octanol–water partition coefficient (Wildman–Crippen LogP) is 3.57. The van der Waals surface area contributed by atoms with Crippen molar-refractivity contribution in [2.24, 2.45) is 0 Å². The molecule has 1 aromatic carbocycles. The van der Waals surface area contributed by atoms with Gasteiger partial charge in [0.05, 0.1) is 12.1 Å². The first-order valence-corrected chi connectivity index (χ1v) is 5.57. The summed E-state index contributed by atoms with van der Waals surface area (Å²) in [5, 5.41) is 2.44. The molecule has 0 radical (unpaired) electrons. The van der Waals surface area contributed by atoms with Gasteiger partial charge in [0.15, 0.2) is 0 Å². The molecule has 6 heteroatoms. The maximum absolute atomic E-state index is 11.9. The van der Waals surface area contributed by atoms with Crippen LogP contribution in [0.2, 0.25) is 0 Å². The van der Waals surface area contributed by atoms with Crippen molar-refractivity contribution in [2.45, 2.75) is 19.0 Å². The van der Waals surface area contributed by atoms with E-state index in [1.54, 1.807) is 24.3 Å². The molecule has 0 aliphatic carbocycles. The largest absolute Gasteiger partial charge is 0.389 e. The van der Waals surface area contributed by atoms with E-state index in [0.717, 1.165) is 3.57 Å². The van der Waals surface area contributed by atoms with Crippen molar-refractivity contribution in [1.29, 1.82) is 0 Å². The minimum Gasteiger partial charge on any atom is -0.325 e. The summed E-state index contributed by atoms with van der Waals surface area (Å²) in [6.07, 6.45) is -5.93. The van der Waals surface area contributed by atoms with E-state index >= 15 is 0 Å². The molecule has 0 aliphatic rings. The van der Waals surface area contributed by atoms with Crippen LogP contribution in [-0.2, 0) is 4.79 Å². The zero-order chi connectivity index (χ0) is 12.2. The number of halogens is 4. The van der Waals surface area contributed by atoms with Gasteiger partial charge in [-0.1, -0.05) is 12.1 Å². The van der Waals surface area contributed by atoms with Crippen LogP contribution in [0.4, 0.5) is 18.9 Å². The summed E-state index contributed by atoms with van der Waals surface area (Å²) in [7, 11) is 0. The molecule has 0 atom stereocenters. The number of rotatable bonds is 3. The molecule has 88 valence electrons. The lowest BCUT2D eigenvalue weighted by Gasteiger charge is -2.08. The molecule has 0 spiro atoms. The third kappa shape index (κ3) is 4.82. The van der Waals surface area contributed by atoms with Crippen LogP contribution in [0.5, 0.6) is 0 Å². The van der Waals surface area contributed by atoms with Crippen LogP contribution < -0.4 is 5.32 Å². The molecular weight excluding hydrogens is 334 g/mol. The van der Waals surface area contributed by atoms with Gasteiger partial charge in [0.1, 0.15) is 0 Å². The molecule has 1 N–H and O–H groups in total. The van der Waals surface area contributed by atoms with E-state index < -0.39 is 24.9 Å². The fourth-order valence-corrected chi connectivity index (χ4v) is 1.55. The monoisotopic (exact) mass is 343 g/mol. The standard InChI is InChI=1S/C10H9F3INO/c11-10(12,13)6-5-9(16)15-8-4-2-1-3-7(8)14/h1-4H,5-6H2,(H,15,16). The number of benzene rings is 1. The fraction of sp³-hybridized carbons (Fsp3) is 0.300. The Morgan fingerprint density at radius 3 is 2.50 bits per heavy atom. The second kappa shape index (κ2) is 5.51. The van der Waals surface area contributed by atoms with Crippen LogP contribution in [0, 0.1) is 3.57 Å². The molecule has 1 aromatic rings. The van der Waals surface area contributed by atoms with E-state index in [4.69, 9.17) is 0 Å². The highest BCUT2D eigenvalue weighted by Crippen LogP contribution is 2.22. The fourth-order valence-electron chi connectivity index (χ4n) is 1.03. The Morgan fingerprint density at radius 1 is 1.31 bits per heavy atom. The lowest BCUT2D eigenvalue weighted by molar-refractivity contribution is -0.142. The SMILES string of the molecule is O=C(CCC(F)(F)F)Nc1ccccc1I. The van der Waals surface area contributed by atoms with Crippen molar-refractivity contribution in [3.05, 3.63) is 27.8 Å². The number of nitrogens with one attached hydrogen (secondary N) is 1. The molecule has 1 amide bonds. The maximum atomic E-state index is 11.9. The molecular formula is C10H9F3INO. The van der Waals surface area contributed by atoms with Crippen LogP contribution in [0.1, 0.15) is 12.8 Å². The summed E-state index contributed by atoms with van der Waals surface area (Å²) < 4.78 is 36.3. The van der Waals surface area contributed by atoms with E-state index in [2.05, 4.69) is 5.32 Å². The summed E-state index contributed by atoms with van der Waals surface area (Å²) in [4.78, 5) is 11.2. The van der Waals surface area contributed by atoms with Crippen molar-refractivity contribution in [3.63, 3.8) is 0 Å². The van der Waals surface area contributed by atoms with Gasteiger partial charge in [-0.2, -0.15) is 13.2 Å². The molecule has 0 bridgehead atoms. The normalized spacial score (nSPS) is 11.2. The van der Waals surface area contributed by atoms with E-state index in [1.807, 2.05) is 22.6 Å². The van der Waals surface area contributed by atoms with Crippen molar-refractivity contribution in [2.75, 3.05) is 5.32 Å².